The largest absolute Gasteiger partial charge is 0.356 e. The Balaban J connectivity index is 1.58. The summed E-state index contributed by atoms with van der Waals surface area (Å²) in [6, 6.07) is 5.61. The molecule has 7 heteroatoms. The van der Waals surface area contributed by atoms with E-state index in [9.17, 15) is 9.59 Å². The molecule has 1 aliphatic carbocycles. The lowest BCUT2D eigenvalue weighted by atomic mass is 9.78. The Hall–Kier alpha value is -2.08. The summed E-state index contributed by atoms with van der Waals surface area (Å²) in [6.07, 6.45) is 5.12. The summed E-state index contributed by atoms with van der Waals surface area (Å²) < 4.78 is 0. The maximum absolute atomic E-state index is 12.9. The van der Waals surface area contributed by atoms with Gasteiger partial charge in [0.15, 0.2) is 0 Å². The third-order valence-electron chi connectivity index (χ3n) is 5.90. The molecule has 29 heavy (non-hydrogen) atoms. The van der Waals surface area contributed by atoms with Crippen LogP contribution in [0.1, 0.15) is 64.1 Å². The second-order valence-electron chi connectivity index (χ2n) is 7.74. The van der Waals surface area contributed by atoms with Gasteiger partial charge in [-0.3, -0.25) is 9.59 Å². The van der Waals surface area contributed by atoms with Crippen LogP contribution in [0.25, 0.3) is 11.0 Å². The molecule has 0 radical (unpaired) electrons. The Bertz CT molecular complexity index is 846. The van der Waals surface area contributed by atoms with Crippen LogP contribution in [0, 0.1) is 5.92 Å². The van der Waals surface area contributed by atoms with Crippen molar-refractivity contribution in [1.29, 1.82) is 0 Å². The quantitative estimate of drug-likeness (QED) is 0.629. The van der Waals surface area contributed by atoms with Gasteiger partial charge >= 0.3 is 0 Å². The van der Waals surface area contributed by atoms with E-state index in [4.69, 9.17) is 16.6 Å². The summed E-state index contributed by atoms with van der Waals surface area (Å²) in [5.41, 5.74) is 1.79. The van der Waals surface area contributed by atoms with E-state index >= 15 is 0 Å². The van der Waals surface area contributed by atoms with Gasteiger partial charge in [-0.2, -0.15) is 0 Å². The number of amides is 2. The SMILES string of the molecule is CCN(CC)C(=O)CCCNC(=O)[C@@H]1CCCC[C@@H]1c1nc2ccc(Cl)cc2[nH]1. The van der Waals surface area contributed by atoms with Crippen molar-refractivity contribution in [1.82, 2.24) is 20.2 Å². The van der Waals surface area contributed by atoms with Gasteiger partial charge in [-0.25, -0.2) is 4.98 Å². The molecule has 2 amide bonds. The zero-order valence-electron chi connectivity index (χ0n) is 17.3. The number of fused-ring (bicyclic) bond motifs is 1. The molecule has 0 unspecified atom stereocenters. The average Bonchev–Trinajstić information content (AvgIpc) is 3.15. The number of benzene rings is 1. The van der Waals surface area contributed by atoms with Gasteiger partial charge in [-0.1, -0.05) is 24.4 Å². The van der Waals surface area contributed by atoms with Crippen molar-refractivity contribution in [2.45, 2.75) is 58.3 Å². The van der Waals surface area contributed by atoms with Crippen molar-refractivity contribution in [3.05, 3.63) is 29.0 Å². The molecular weight excluding hydrogens is 388 g/mol. The Kier molecular flexibility index (Phi) is 7.53. The minimum absolute atomic E-state index is 0.0727. The number of nitrogens with one attached hydrogen (secondary N) is 2. The second kappa shape index (κ2) is 10.1. The highest BCUT2D eigenvalue weighted by Crippen LogP contribution is 2.37. The fourth-order valence-corrected chi connectivity index (χ4v) is 4.44. The molecule has 0 aliphatic heterocycles. The normalized spacial score (nSPS) is 19.3. The van der Waals surface area contributed by atoms with Gasteiger partial charge in [0.2, 0.25) is 11.8 Å². The molecular formula is C22H31ClN4O2. The predicted molar refractivity (Wildman–Crippen MR) is 116 cm³/mol. The lowest BCUT2D eigenvalue weighted by Crippen LogP contribution is -2.37. The van der Waals surface area contributed by atoms with Gasteiger partial charge < -0.3 is 15.2 Å². The van der Waals surface area contributed by atoms with Gasteiger partial charge in [-0.05, 0) is 51.3 Å². The molecule has 1 aromatic carbocycles. The van der Waals surface area contributed by atoms with E-state index < -0.39 is 0 Å². The maximum atomic E-state index is 12.9. The molecule has 1 saturated carbocycles. The van der Waals surface area contributed by atoms with Crippen LogP contribution in [0.15, 0.2) is 18.2 Å². The van der Waals surface area contributed by atoms with Crippen LogP contribution in [0.2, 0.25) is 5.02 Å². The first-order valence-corrected chi connectivity index (χ1v) is 11.1. The zero-order valence-corrected chi connectivity index (χ0v) is 18.1. The van der Waals surface area contributed by atoms with Gasteiger partial charge in [0.1, 0.15) is 5.82 Å². The number of carbonyl (C=O) groups is 2. The number of nitrogens with zero attached hydrogens (tertiary/aromatic N) is 2. The third kappa shape index (κ3) is 5.30. The lowest BCUT2D eigenvalue weighted by molar-refractivity contribution is -0.131. The number of imidazole rings is 1. The summed E-state index contributed by atoms with van der Waals surface area (Å²) in [4.78, 5) is 34.9. The van der Waals surface area contributed by atoms with E-state index in [1.54, 1.807) is 0 Å². The highest BCUT2D eigenvalue weighted by molar-refractivity contribution is 6.31. The predicted octanol–water partition coefficient (Wildman–Crippen LogP) is 4.25. The van der Waals surface area contributed by atoms with Gasteiger partial charge in [0, 0.05) is 42.9 Å². The molecule has 0 saturated heterocycles. The first kappa shape index (κ1) is 21.6. The fourth-order valence-electron chi connectivity index (χ4n) is 4.27. The number of rotatable bonds is 8. The third-order valence-corrected chi connectivity index (χ3v) is 6.13. The highest BCUT2D eigenvalue weighted by Gasteiger charge is 2.33. The molecule has 1 heterocycles. The zero-order chi connectivity index (χ0) is 20.8. The number of carbonyl (C=O) groups excluding carboxylic acids is 2. The molecule has 0 bridgehead atoms. The Morgan fingerprint density at radius 2 is 2.00 bits per heavy atom. The monoisotopic (exact) mass is 418 g/mol. The lowest BCUT2D eigenvalue weighted by Gasteiger charge is -2.29. The molecule has 1 fully saturated rings. The van der Waals surface area contributed by atoms with E-state index in [1.807, 2.05) is 36.9 Å². The Morgan fingerprint density at radius 1 is 1.24 bits per heavy atom. The van der Waals surface area contributed by atoms with Crippen molar-refractivity contribution in [3.63, 3.8) is 0 Å². The molecule has 3 rings (SSSR count). The number of aromatic nitrogens is 2. The molecule has 1 aromatic heterocycles. The van der Waals surface area contributed by atoms with Gasteiger partial charge in [0.05, 0.1) is 11.0 Å². The maximum Gasteiger partial charge on any atom is 0.223 e. The van der Waals surface area contributed by atoms with Crippen molar-refractivity contribution in [2.75, 3.05) is 19.6 Å². The summed E-state index contributed by atoms with van der Waals surface area (Å²) in [6.45, 7) is 5.96. The smallest absolute Gasteiger partial charge is 0.223 e. The van der Waals surface area contributed by atoms with E-state index in [1.165, 1.54) is 0 Å². The molecule has 0 spiro atoms. The van der Waals surface area contributed by atoms with Crippen LogP contribution >= 0.6 is 11.6 Å². The Labute approximate surface area is 177 Å². The fraction of sp³-hybridized carbons (Fsp3) is 0.591. The minimum atomic E-state index is -0.0849. The standard InChI is InChI=1S/C22H31ClN4O2/c1-3-27(4-2)20(28)10-7-13-24-22(29)17-9-6-5-8-16(17)21-25-18-12-11-15(23)14-19(18)26-21/h11-12,14,16-17H,3-10,13H2,1-2H3,(H,24,29)(H,25,26)/t16-,17+/m0/s1. The van der Waals surface area contributed by atoms with Crippen LogP contribution in [0.4, 0.5) is 0 Å². The van der Waals surface area contributed by atoms with E-state index in [2.05, 4.69) is 10.3 Å². The number of hydrogen-bond donors (Lipinski definition) is 2. The minimum Gasteiger partial charge on any atom is -0.356 e. The van der Waals surface area contributed by atoms with Crippen LogP contribution in [0.3, 0.4) is 0 Å². The number of halogens is 1. The van der Waals surface area contributed by atoms with E-state index in [0.29, 0.717) is 24.4 Å². The average molecular weight is 419 g/mol. The first-order chi connectivity index (χ1) is 14.0. The van der Waals surface area contributed by atoms with Crippen LogP contribution < -0.4 is 5.32 Å². The molecule has 2 aromatic rings. The van der Waals surface area contributed by atoms with Crippen molar-refractivity contribution < 1.29 is 9.59 Å². The van der Waals surface area contributed by atoms with Crippen molar-refractivity contribution >= 4 is 34.4 Å². The summed E-state index contributed by atoms with van der Waals surface area (Å²) in [7, 11) is 0. The van der Waals surface area contributed by atoms with E-state index in [-0.39, 0.29) is 23.7 Å². The molecule has 2 atom stereocenters. The topological polar surface area (TPSA) is 78.1 Å². The highest BCUT2D eigenvalue weighted by atomic mass is 35.5. The number of hydrogen-bond acceptors (Lipinski definition) is 3. The van der Waals surface area contributed by atoms with E-state index in [0.717, 1.165) is 55.6 Å². The van der Waals surface area contributed by atoms with Gasteiger partial charge in [-0.15, -0.1) is 0 Å². The number of H-pyrrole nitrogens is 1. The van der Waals surface area contributed by atoms with Crippen molar-refractivity contribution in [2.24, 2.45) is 5.92 Å². The van der Waals surface area contributed by atoms with Crippen LogP contribution in [0.5, 0.6) is 0 Å². The summed E-state index contributed by atoms with van der Waals surface area (Å²) in [5.74, 6) is 1.11. The molecule has 6 nitrogen and oxygen atoms in total. The first-order valence-electron chi connectivity index (χ1n) is 10.7. The van der Waals surface area contributed by atoms with Gasteiger partial charge in [0.25, 0.3) is 0 Å². The number of aromatic amines is 1. The second-order valence-corrected chi connectivity index (χ2v) is 8.18. The Morgan fingerprint density at radius 3 is 2.76 bits per heavy atom. The summed E-state index contributed by atoms with van der Waals surface area (Å²) >= 11 is 6.09. The van der Waals surface area contributed by atoms with Crippen LogP contribution in [-0.2, 0) is 9.59 Å². The van der Waals surface area contributed by atoms with Crippen molar-refractivity contribution in [3.8, 4) is 0 Å². The molecule has 158 valence electrons. The molecule has 1 aliphatic rings. The van der Waals surface area contributed by atoms with Crippen LogP contribution in [-0.4, -0.2) is 46.3 Å². The summed E-state index contributed by atoms with van der Waals surface area (Å²) in [5, 5.41) is 3.72. The molecule has 2 N–H and O–H groups in total.